The SMILES string of the molecule is COC(=O)c1ccc2c(=O)n(N3C=C(c4ccccc4)n4c(N)cc5c4C(=CCC5)C3=O)c(C)nc2c1. The Labute approximate surface area is 211 Å². The monoisotopic (exact) mass is 493 g/mol. The number of aryl methyl sites for hydroxylation is 2. The van der Waals surface area contributed by atoms with E-state index in [0.717, 1.165) is 23.2 Å². The largest absolute Gasteiger partial charge is 0.465 e. The van der Waals surface area contributed by atoms with Crippen molar-refractivity contribution < 1.29 is 14.3 Å². The number of amides is 1. The number of hydrogen-bond acceptors (Lipinski definition) is 6. The molecule has 9 nitrogen and oxygen atoms in total. The molecule has 9 heteroatoms. The Hall–Kier alpha value is -4.92. The van der Waals surface area contributed by atoms with Crippen molar-refractivity contribution in [1.29, 1.82) is 0 Å². The van der Waals surface area contributed by atoms with E-state index in [-0.39, 0.29) is 22.7 Å². The molecule has 184 valence electrons. The van der Waals surface area contributed by atoms with E-state index in [1.807, 2.05) is 47.0 Å². The van der Waals surface area contributed by atoms with E-state index in [2.05, 4.69) is 4.98 Å². The molecule has 6 rings (SSSR count). The molecule has 2 aliphatic rings. The van der Waals surface area contributed by atoms with Crippen LogP contribution in [-0.2, 0) is 16.0 Å². The molecule has 0 saturated heterocycles. The number of anilines is 1. The van der Waals surface area contributed by atoms with Gasteiger partial charge in [-0.2, -0.15) is 4.68 Å². The zero-order valence-electron chi connectivity index (χ0n) is 20.3. The van der Waals surface area contributed by atoms with E-state index < -0.39 is 11.5 Å². The van der Waals surface area contributed by atoms with Crippen LogP contribution >= 0.6 is 0 Å². The molecule has 2 N–H and O–H groups in total. The first kappa shape index (κ1) is 22.5. The number of nitrogens with two attached hydrogens (primary N) is 1. The first-order valence-corrected chi connectivity index (χ1v) is 11.8. The predicted octanol–water partition coefficient (Wildman–Crippen LogP) is 3.23. The number of esters is 1. The number of nitrogens with zero attached hydrogens (tertiary/aromatic N) is 4. The van der Waals surface area contributed by atoms with Crippen molar-refractivity contribution in [1.82, 2.24) is 14.2 Å². The molecule has 0 unspecified atom stereocenters. The molecule has 3 heterocycles. The second-order valence-corrected chi connectivity index (χ2v) is 8.96. The summed E-state index contributed by atoms with van der Waals surface area (Å²) in [6.45, 7) is 1.65. The summed E-state index contributed by atoms with van der Waals surface area (Å²) in [7, 11) is 1.29. The van der Waals surface area contributed by atoms with Gasteiger partial charge in [-0.05, 0) is 49.6 Å². The van der Waals surface area contributed by atoms with E-state index in [1.165, 1.54) is 35.0 Å². The summed E-state index contributed by atoms with van der Waals surface area (Å²) in [6.07, 6.45) is 4.99. The van der Waals surface area contributed by atoms with Crippen LogP contribution in [-0.4, -0.2) is 33.2 Å². The summed E-state index contributed by atoms with van der Waals surface area (Å²) < 4.78 is 7.94. The second kappa shape index (κ2) is 8.34. The molecule has 1 aliphatic heterocycles. The summed E-state index contributed by atoms with van der Waals surface area (Å²) >= 11 is 0. The van der Waals surface area contributed by atoms with Gasteiger partial charge in [0.1, 0.15) is 11.6 Å². The fourth-order valence-electron chi connectivity index (χ4n) is 5.09. The van der Waals surface area contributed by atoms with Crippen LogP contribution in [0.5, 0.6) is 0 Å². The van der Waals surface area contributed by atoms with Crippen molar-refractivity contribution in [2.24, 2.45) is 0 Å². The van der Waals surface area contributed by atoms with E-state index in [9.17, 15) is 14.4 Å². The fraction of sp³-hybridized carbons (Fsp3) is 0.143. The summed E-state index contributed by atoms with van der Waals surface area (Å²) in [5, 5.41) is 1.58. The lowest BCUT2D eigenvalue weighted by Crippen LogP contribution is -2.44. The number of benzene rings is 2. The van der Waals surface area contributed by atoms with Crippen molar-refractivity contribution in [3.8, 4) is 0 Å². The van der Waals surface area contributed by atoms with Gasteiger partial charge in [0.2, 0.25) is 0 Å². The number of carbonyl (C=O) groups is 2. The number of rotatable bonds is 3. The molecular formula is C28H23N5O4. The summed E-state index contributed by atoms with van der Waals surface area (Å²) in [6, 6.07) is 16.0. The molecule has 0 saturated carbocycles. The highest BCUT2D eigenvalue weighted by atomic mass is 16.5. The average molecular weight is 494 g/mol. The zero-order chi connectivity index (χ0) is 25.8. The number of ether oxygens (including phenoxy) is 1. The Balaban J connectivity index is 1.62. The van der Waals surface area contributed by atoms with Gasteiger partial charge < -0.3 is 10.5 Å². The fourth-order valence-corrected chi connectivity index (χ4v) is 5.09. The number of carbonyl (C=O) groups excluding carboxylic acids is 2. The molecule has 1 amide bonds. The standard InChI is InChI=1S/C28H23N5O4/c1-16-30-22-13-19(28(36)37-2)11-12-20(22)27(35)33(16)31-15-23(17-7-4-3-5-8-17)32-24(29)14-18-9-6-10-21(25(18)32)26(31)34/h3-5,7-8,10-15H,6,9,29H2,1-2H3. The van der Waals surface area contributed by atoms with Crippen LogP contribution in [0.15, 0.2) is 71.7 Å². The Bertz CT molecular complexity index is 1740. The molecule has 4 aromatic rings. The number of aromatic nitrogens is 3. The van der Waals surface area contributed by atoms with Crippen LogP contribution in [0.1, 0.15) is 39.4 Å². The third kappa shape index (κ3) is 3.39. The zero-order valence-corrected chi connectivity index (χ0v) is 20.3. The molecule has 0 spiro atoms. The van der Waals surface area contributed by atoms with Crippen molar-refractivity contribution in [3.63, 3.8) is 0 Å². The molecular weight excluding hydrogens is 470 g/mol. The van der Waals surface area contributed by atoms with Crippen molar-refractivity contribution in [2.45, 2.75) is 19.8 Å². The first-order chi connectivity index (χ1) is 17.9. The number of nitrogen functional groups attached to an aromatic ring is 1. The second-order valence-electron chi connectivity index (χ2n) is 8.96. The van der Waals surface area contributed by atoms with Gasteiger partial charge in [-0.25, -0.2) is 14.8 Å². The van der Waals surface area contributed by atoms with Crippen molar-refractivity contribution in [3.05, 3.63) is 105 Å². The van der Waals surface area contributed by atoms with Crippen LogP contribution in [0.2, 0.25) is 0 Å². The summed E-state index contributed by atoms with van der Waals surface area (Å²) in [5.41, 5.74) is 10.4. The lowest BCUT2D eigenvalue weighted by molar-refractivity contribution is -0.114. The lowest BCUT2D eigenvalue weighted by atomic mass is 9.96. The normalized spacial score (nSPS) is 14.6. The highest BCUT2D eigenvalue weighted by Gasteiger charge is 2.34. The quantitative estimate of drug-likeness (QED) is 0.439. The molecule has 37 heavy (non-hydrogen) atoms. The van der Waals surface area contributed by atoms with Crippen LogP contribution in [0.3, 0.4) is 0 Å². The number of allylic oxidation sites excluding steroid dienone is 1. The van der Waals surface area contributed by atoms with Crippen LogP contribution < -0.4 is 16.3 Å². The van der Waals surface area contributed by atoms with Gasteiger partial charge in [-0.1, -0.05) is 36.4 Å². The minimum Gasteiger partial charge on any atom is -0.465 e. The molecule has 0 bridgehead atoms. The van der Waals surface area contributed by atoms with Crippen LogP contribution in [0.4, 0.5) is 5.82 Å². The highest BCUT2D eigenvalue weighted by Crippen LogP contribution is 2.38. The molecule has 1 aliphatic carbocycles. The van der Waals surface area contributed by atoms with E-state index in [0.29, 0.717) is 29.0 Å². The first-order valence-electron chi connectivity index (χ1n) is 11.8. The lowest BCUT2D eigenvalue weighted by Gasteiger charge is -2.23. The molecule has 0 fully saturated rings. The number of fused-ring (bicyclic) bond motifs is 1. The highest BCUT2D eigenvalue weighted by molar-refractivity contribution is 6.26. The van der Waals surface area contributed by atoms with E-state index in [4.69, 9.17) is 10.5 Å². The maximum absolute atomic E-state index is 14.0. The van der Waals surface area contributed by atoms with E-state index >= 15 is 0 Å². The van der Waals surface area contributed by atoms with Crippen molar-refractivity contribution >= 4 is 39.9 Å². The molecule has 2 aromatic heterocycles. The molecule has 0 atom stereocenters. The van der Waals surface area contributed by atoms with Gasteiger partial charge in [0.15, 0.2) is 0 Å². The Morgan fingerprint density at radius 1 is 1.08 bits per heavy atom. The van der Waals surface area contributed by atoms with Gasteiger partial charge in [-0.3, -0.25) is 14.2 Å². The van der Waals surface area contributed by atoms with Gasteiger partial charge in [0, 0.05) is 5.56 Å². The van der Waals surface area contributed by atoms with Gasteiger partial charge >= 0.3 is 5.97 Å². The molecule has 2 aromatic carbocycles. The van der Waals surface area contributed by atoms with Crippen LogP contribution in [0.25, 0.3) is 22.2 Å². The Morgan fingerprint density at radius 2 is 1.86 bits per heavy atom. The Kier molecular flexibility index (Phi) is 5.08. The van der Waals surface area contributed by atoms with Crippen molar-refractivity contribution in [2.75, 3.05) is 17.9 Å². The van der Waals surface area contributed by atoms with Gasteiger partial charge in [0.25, 0.3) is 11.5 Å². The number of hydrogen-bond donors (Lipinski definition) is 1. The average Bonchev–Trinajstić information content (AvgIpc) is 3.18. The van der Waals surface area contributed by atoms with Gasteiger partial charge in [-0.15, -0.1) is 0 Å². The number of methoxy groups -OCH3 is 1. The third-order valence-electron chi connectivity index (χ3n) is 6.76. The summed E-state index contributed by atoms with van der Waals surface area (Å²) in [5.74, 6) is -0.0849. The summed E-state index contributed by atoms with van der Waals surface area (Å²) in [4.78, 5) is 44.4. The smallest absolute Gasteiger partial charge is 0.337 e. The third-order valence-corrected chi connectivity index (χ3v) is 6.76. The minimum atomic E-state index is -0.525. The maximum atomic E-state index is 14.0. The van der Waals surface area contributed by atoms with Gasteiger partial charge in [0.05, 0.1) is 46.7 Å². The van der Waals surface area contributed by atoms with E-state index in [1.54, 1.807) is 13.1 Å². The maximum Gasteiger partial charge on any atom is 0.337 e. The van der Waals surface area contributed by atoms with Crippen LogP contribution in [0, 0.1) is 6.92 Å². The Morgan fingerprint density at radius 3 is 2.62 bits per heavy atom. The minimum absolute atomic E-state index is 0.266. The topological polar surface area (TPSA) is 112 Å². The molecule has 0 radical (unpaired) electrons. The predicted molar refractivity (Wildman–Crippen MR) is 140 cm³/mol.